The fraction of sp³-hybridized carbons (Fsp3) is 0.741. The number of amides is 4. The molecule has 0 aliphatic carbocycles. The summed E-state index contributed by atoms with van der Waals surface area (Å²) in [5, 5.41) is 5.08. The van der Waals surface area contributed by atoms with Crippen LogP contribution in [0.4, 0.5) is 4.79 Å². The predicted octanol–water partition coefficient (Wildman–Crippen LogP) is 2.22. The summed E-state index contributed by atoms with van der Waals surface area (Å²) in [6, 6.07) is -2.90. The molecule has 232 valence electrons. The van der Waals surface area contributed by atoms with Crippen LogP contribution < -0.4 is 10.6 Å². The van der Waals surface area contributed by atoms with Crippen molar-refractivity contribution in [1.82, 2.24) is 15.7 Å². The van der Waals surface area contributed by atoms with Crippen molar-refractivity contribution >= 4 is 41.7 Å². The molecule has 1 aliphatic heterocycles. The Morgan fingerprint density at radius 1 is 0.683 bits per heavy atom. The van der Waals surface area contributed by atoms with Gasteiger partial charge in [-0.05, 0) is 75.2 Å². The van der Waals surface area contributed by atoms with Gasteiger partial charge in [0.05, 0.1) is 0 Å². The molecule has 1 fully saturated rings. The van der Waals surface area contributed by atoms with Gasteiger partial charge in [-0.2, -0.15) is 0 Å². The molecule has 0 spiro atoms. The summed E-state index contributed by atoms with van der Waals surface area (Å²) < 4.78 is 15.7. The van der Waals surface area contributed by atoms with Crippen LogP contribution in [0.2, 0.25) is 0 Å². The number of ether oxygens (including phenoxy) is 3. The van der Waals surface area contributed by atoms with E-state index in [2.05, 4.69) is 10.6 Å². The van der Waals surface area contributed by atoms with Crippen LogP contribution in [0.3, 0.4) is 0 Å². The molecule has 0 saturated carbocycles. The second-order valence-corrected chi connectivity index (χ2v) is 12.5. The first-order chi connectivity index (χ1) is 18.6. The molecular formula is C27H43N3O11. The molecule has 0 radical (unpaired) electrons. The second-order valence-electron chi connectivity index (χ2n) is 12.5. The van der Waals surface area contributed by atoms with Crippen molar-refractivity contribution in [2.45, 2.75) is 130 Å². The molecule has 0 aromatic rings. The van der Waals surface area contributed by atoms with E-state index in [1.807, 2.05) is 0 Å². The third-order valence-corrected chi connectivity index (χ3v) is 4.91. The molecule has 0 aromatic heterocycles. The first-order valence-corrected chi connectivity index (χ1v) is 13.4. The van der Waals surface area contributed by atoms with Gasteiger partial charge in [0.15, 0.2) is 0 Å². The zero-order valence-corrected chi connectivity index (χ0v) is 25.3. The standard InChI is InChI=1S/C27H43N3O11/c1-25(2,3)38-20(33)14-10-16(29-24(37)40-27(7,8)9)22(35)28-17(11-15-21(34)39-26(4,5)6)23(36)41-30-18(31)12-13-19(30)32/h16-17H,10-15H2,1-9H3,(H,28,35)(H,29,37)/t16-,17-/m0/s1. The van der Waals surface area contributed by atoms with E-state index in [0.29, 0.717) is 5.06 Å². The molecule has 1 aliphatic rings. The fourth-order valence-corrected chi connectivity index (χ4v) is 3.36. The van der Waals surface area contributed by atoms with Crippen molar-refractivity contribution in [3.8, 4) is 0 Å². The Morgan fingerprint density at radius 2 is 1.10 bits per heavy atom. The van der Waals surface area contributed by atoms with E-state index in [1.54, 1.807) is 62.3 Å². The normalized spacial score (nSPS) is 15.5. The van der Waals surface area contributed by atoms with Gasteiger partial charge in [0.2, 0.25) is 5.91 Å². The molecule has 0 unspecified atom stereocenters. The monoisotopic (exact) mass is 585 g/mol. The lowest BCUT2D eigenvalue weighted by molar-refractivity contribution is -0.199. The highest BCUT2D eigenvalue weighted by atomic mass is 16.7. The van der Waals surface area contributed by atoms with Gasteiger partial charge in [-0.25, -0.2) is 9.59 Å². The largest absolute Gasteiger partial charge is 0.460 e. The molecule has 1 heterocycles. The molecule has 1 rings (SSSR count). The minimum atomic E-state index is -1.53. The average Bonchev–Trinajstić information content (AvgIpc) is 3.07. The maximum absolute atomic E-state index is 13.3. The van der Waals surface area contributed by atoms with Gasteiger partial charge in [0.25, 0.3) is 11.8 Å². The summed E-state index contributed by atoms with van der Waals surface area (Å²) in [5.74, 6) is -4.87. The third-order valence-electron chi connectivity index (χ3n) is 4.91. The topological polar surface area (TPSA) is 184 Å². The smallest absolute Gasteiger partial charge is 0.408 e. The Hall–Kier alpha value is -3.71. The molecule has 41 heavy (non-hydrogen) atoms. The van der Waals surface area contributed by atoms with Crippen molar-refractivity contribution in [1.29, 1.82) is 0 Å². The highest BCUT2D eigenvalue weighted by Crippen LogP contribution is 2.16. The first kappa shape index (κ1) is 35.3. The average molecular weight is 586 g/mol. The quantitative estimate of drug-likeness (QED) is 0.206. The van der Waals surface area contributed by atoms with Gasteiger partial charge in [-0.1, -0.05) is 0 Å². The maximum atomic E-state index is 13.3. The van der Waals surface area contributed by atoms with Crippen molar-refractivity contribution in [3.05, 3.63) is 0 Å². The zero-order chi connectivity index (χ0) is 31.8. The van der Waals surface area contributed by atoms with Crippen LogP contribution in [0.1, 0.15) is 101 Å². The summed E-state index contributed by atoms with van der Waals surface area (Å²) in [7, 11) is 0. The van der Waals surface area contributed by atoms with Crippen molar-refractivity contribution in [2.75, 3.05) is 0 Å². The summed E-state index contributed by atoms with van der Waals surface area (Å²) in [6.45, 7) is 14.8. The van der Waals surface area contributed by atoms with E-state index in [9.17, 15) is 33.6 Å². The Balaban J connectivity index is 3.13. The van der Waals surface area contributed by atoms with E-state index in [4.69, 9.17) is 19.0 Å². The number of alkyl carbamates (subject to hydrolysis) is 1. The second kappa shape index (κ2) is 14.3. The van der Waals surface area contributed by atoms with Gasteiger partial charge in [0, 0.05) is 25.7 Å². The van der Waals surface area contributed by atoms with Gasteiger partial charge in [-0.15, -0.1) is 5.06 Å². The molecular weight excluding hydrogens is 542 g/mol. The number of rotatable bonds is 11. The van der Waals surface area contributed by atoms with Gasteiger partial charge in [-0.3, -0.25) is 24.0 Å². The zero-order valence-electron chi connectivity index (χ0n) is 25.3. The van der Waals surface area contributed by atoms with Crippen LogP contribution in [-0.2, 0) is 47.8 Å². The number of imide groups is 1. The lowest BCUT2D eigenvalue weighted by Crippen LogP contribution is -2.53. The lowest BCUT2D eigenvalue weighted by atomic mass is 10.1. The number of hydroxylamine groups is 2. The summed E-state index contributed by atoms with van der Waals surface area (Å²) in [4.78, 5) is 92.1. The highest BCUT2D eigenvalue weighted by Gasteiger charge is 2.37. The van der Waals surface area contributed by atoms with E-state index >= 15 is 0 Å². The Bertz CT molecular complexity index is 1000. The Kier molecular flexibility index (Phi) is 12.3. The molecule has 4 amide bonds. The Labute approximate surface area is 240 Å². The van der Waals surface area contributed by atoms with Crippen LogP contribution in [0.5, 0.6) is 0 Å². The van der Waals surface area contributed by atoms with E-state index in [0.717, 1.165) is 0 Å². The minimum Gasteiger partial charge on any atom is -0.460 e. The summed E-state index contributed by atoms with van der Waals surface area (Å²) >= 11 is 0. The van der Waals surface area contributed by atoms with Crippen molar-refractivity contribution in [2.24, 2.45) is 0 Å². The van der Waals surface area contributed by atoms with Crippen LogP contribution in [-0.4, -0.2) is 75.7 Å². The molecule has 0 aromatic carbocycles. The van der Waals surface area contributed by atoms with Crippen molar-refractivity contribution in [3.63, 3.8) is 0 Å². The molecule has 1 saturated heterocycles. The van der Waals surface area contributed by atoms with Crippen LogP contribution in [0.25, 0.3) is 0 Å². The molecule has 14 heteroatoms. The highest BCUT2D eigenvalue weighted by molar-refractivity contribution is 6.02. The number of hydrogen-bond acceptors (Lipinski definition) is 11. The van der Waals surface area contributed by atoms with Crippen LogP contribution >= 0.6 is 0 Å². The predicted molar refractivity (Wildman–Crippen MR) is 142 cm³/mol. The van der Waals surface area contributed by atoms with Crippen molar-refractivity contribution < 1.29 is 52.6 Å². The van der Waals surface area contributed by atoms with E-state index in [-0.39, 0.29) is 38.5 Å². The molecule has 14 nitrogen and oxygen atoms in total. The summed E-state index contributed by atoms with van der Waals surface area (Å²) in [5.41, 5.74) is -2.49. The van der Waals surface area contributed by atoms with Gasteiger partial charge < -0.3 is 29.7 Å². The minimum absolute atomic E-state index is 0.145. The lowest BCUT2D eigenvalue weighted by Gasteiger charge is -2.26. The van der Waals surface area contributed by atoms with E-state index in [1.165, 1.54) is 0 Å². The number of carbonyl (C=O) groups excluding carboxylic acids is 7. The fourth-order valence-electron chi connectivity index (χ4n) is 3.36. The van der Waals surface area contributed by atoms with Crippen LogP contribution in [0, 0.1) is 0 Å². The molecule has 2 atom stereocenters. The number of esters is 2. The number of hydrogen-bond donors (Lipinski definition) is 2. The third kappa shape index (κ3) is 14.5. The van der Waals surface area contributed by atoms with E-state index < -0.39 is 70.6 Å². The maximum Gasteiger partial charge on any atom is 0.408 e. The number of nitrogens with zero attached hydrogens (tertiary/aromatic N) is 1. The number of carbonyl (C=O) groups is 7. The summed E-state index contributed by atoms with van der Waals surface area (Å²) in [6.07, 6.45) is -2.39. The SMILES string of the molecule is CC(C)(C)OC(=O)CC[C@H](NC(=O)OC(C)(C)C)C(=O)N[C@@H](CCC(=O)OC(C)(C)C)C(=O)ON1C(=O)CCC1=O. The molecule has 0 bridgehead atoms. The molecule has 2 N–H and O–H groups in total. The number of nitrogens with one attached hydrogen (secondary N) is 2. The Morgan fingerprint density at radius 3 is 1.51 bits per heavy atom. The van der Waals surface area contributed by atoms with Gasteiger partial charge in [0.1, 0.15) is 28.9 Å². The first-order valence-electron chi connectivity index (χ1n) is 13.4. The van der Waals surface area contributed by atoms with Gasteiger partial charge >= 0.3 is 24.0 Å². The van der Waals surface area contributed by atoms with Crippen LogP contribution in [0.15, 0.2) is 0 Å².